The number of urea groups is 1. The Morgan fingerprint density at radius 2 is 1.72 bits per heavy atom. The van der Waals surface area contributed by atoms with Crippen molar-refractivity contribution in [2.24, 2.45) is 0 Å². The van der Waals surface area contributed by atoms with E-state index in [4.69, 9.17) is 11.6 Å². The molecule has 0 radical (unpaired) electrons. The molecule has 0 spiro atoms. The lowest BCUT2D eigenvalue weighted by molar-refractivity contribution is 0.142. The van der Waals surface area contributed by atoms with E-state index in [1.807, 2.05) is 42.5 Å². The fraction of sp³-hybridized carbons (Fsp3) is 0.435. The number of carbonyl (C=O) groups is 1. The molecule has 3 rings (SSSR count). The van der Waals surface area contributed by atoms with Crippen molar-refractivity contribution in [1.82, 2.24) is 20.4 Å². The first-order valence-electron chi connectivity index (χ1n) is 10.3. The van der Waals surface area contributed by atoms with Crippen LogP contribution >= 0.6 is 11.6 Å². The molecule has 1 fully saturated rings. The normalized spacial score (nSPS) is 16.3. The van der Waals surface area contributed by atoms with E-state index in [1.165, 1.54) is 5.56 Å². The van der Waals surface area contributed by atoms with E-state index in [0.29, 0.717) is 6.54 Å². The summed E-state index contributed by atoms with van der Waals surface area (Å²) in [6, 6.07) is 18.0. The molecule has 2 aromatic carbocycles. The summed E-state index contributed by atoms with van der Waals surface area (Å²) in [6.07, 6.45) is 1.81. The second-order valence-electron chi connectivity index (χ2n) is 7.70. The van der Waals surface area contributed by atoms with Gasteiger partial charge in [0.2, 0.25) is 0 Å². The number of piperazine rings is 1. The Morgan fingerprint density at radius 3 is 2.41 bits per heavy atom. The number of amides is 2. The van der Waals surface area contributed by atoms with Gasteiger partial charge in [-0.15, -0.1) is 0 Å². The van der Waals surface area contributed by atoms with Crippen LogP contribution in [-0.2, 0) is 6.42 Å². The summed E-state index contributed by atoms with van der Waals surface area (Å²) in [5, 5.41) is 6.93. The SMILES string of the molecule is CN1CCN(CC(NC(=O)NCCCc2ccc(Cl)cc2)c2ccccc2)CC1. The van der Waals surface area contributed by atoms with E-state index >= 15 is 0 Å². The van der Waals surface area contributed by atoms with Crippen LogP contribution in [0, 0.1) is 0 Å². The first-order valence-corrected chi connectivity index (χ1v) is 10.7. The van der Waals surface area contributed by atoms with Crippen molar-refractivity contribution in [3.05, 3.63) is 70.7 Å². The van der Waals surface area contributed by atoms with Crippen LogP contribution in [0.25, 0.3) is 0 Å². The Hall–Kier alpha value is -2.08. The van der Waals surface area contributed by atoms with E-state index in [9.17, 15) is 4.79 Å². The van der Waals surface area contributed by atoms with Crippen LogP contribution in [0.1, 0.15) is 23.6 Å². The van der Waals surface area contributed by atoms with Gasteiger partial charge in [0.05, 0.1) is 6.04 Å². The third-order valence-corrected chi connectivity index (χ3v) is 5.64. The second-order valence-corrected chi connectivity index (χ2v) is 8.13. The summed E-state index contributed by atoms with van der Waals surface area (Å²) in [6.45, 7) is 5.67. The molecule has 0 aliphatic carbocycles. The highest BCUT2D eigenvalue weighted by molar-refractivity contribution is 6.30. The maximum Gasteiger partial charge on any atom is 0.315 e. The highest BCUT2D eigenvalue weighted by Gasteiger charge is 2.21. The average Bonchev–Trinajstić information content (AvgIpc) is 2.74. The molecular formula is C23H31ClN4O. The molecule has 1 unspecified atom stereocenters. The van der Waals surface area contributed by atoms with Crippen LogP contribution in [0.2, 0.25) is 5.02 Å². The summed E-state index contributed by atoms with van der Waals surface area (Å²) in [4.78, 5) is 17.3. The van der Waals surface area contributed by atoms with Crippen molar-refractivity contribution in [1.29, 1.82) is 0 Å². The number of nitrogens with zero attached hydrogens (tertiary/aromatic N) is 2. The number of benzene rings is 2. The Bertz CT molecular complexity index is 745. The van der Waals surface area contributed by atoms with E-state index in [2.05, 4.69) is 39.6 Å². The maximum absolute atomic E-state index is 12.5. The number of rotatable bonds is 8. The lowest BCUT2D eigenvalue weighted by Gasteiger charge is -2.35. The molecule has 0 saturated carbocycles. The van der Waals surface area contributed by atoms with Crippen LogP contribution in [0.5, 0.6) is 0 Å². The molecule has 0 bridgehead atoms. The number of aryl methyl sites for hydroxylation is 1. The number of carbonyl (C=O) groups excluding carboxylic acids is 1. The van der Waals surface area contributed by atoms with Crippen LogP contribution in [0.4, 0.5) is 4.79 Å². The third kappa shape index (κ3) is 7.35. The molecule has 1 heterocycles. The monoisotopic (exact) mass is 414 g/mol. The smallest absolute Gasteiger partial charge is 0.315 e. The van der Waals surface area contributed by atoms with Gasteiger partial charge < -0.3 is 15.5 Å². The number of hydrogen-bond acceptors (Lipinski definition) is 3. The van der Waals surface area contributed by atoms with Crippen LogP contribution in [0.15, 0.2) is 54.6 Å². The molecule has 2 amide bonds. The molecule has 1 saturated heterocycles. The number of hydrogen-bond donors (Lipinski definition) is 2. The topological polar surface area (TPSA) is 47.6 Å². The predicted molar refractivity (Wildman–Crippen MR) is 119 cm³/mol. The largest absolute Gasteiger partial charge is 0.338 e. The van der Waals surface area contributed by atoms with Crippen molar-refractivity contribution in [3.63, 3.8) is 0 Å². The Morgan fingerprint density at radius 1 is 1.03 bits per heavy atom. The summed E-state index contributed by atoms with van der Waals surface area (Å²) in [7, 11) is 2.15. The molecule has 156 valence electrons. The number of nitrogens with one attached hydrogen (secondary N) is 2. The van der Waals surface area contributed by atoms with Crippen molar-refractivity contribution in [2.75, 3.05) is 46.3 Å². The summed E-state index contributed by atoms with van der Waals surface area (Å²) in [5.41, 5.74) is 2.37. The van der Waals surface area contributed by atoms with E-state index < -0.39 is 0 Å². The molecule has 0 aromatic heterocycles. The molecular weight excluding hydrogens is 384 g/mol. The van der Waals surface area contributed by atoms with Gasteiger partial charge in [0.25, 0.3) is 0 Å². The Kier molecular flexibility index (Phi) is 8.35. The van der Waals surface area contributed by atoms with E-state index in [0.717, 1.165) is 56.2 Å². The third-order valence-electron chi connectivity index (χ3n) is 5.38. The van der Waals surface area contributed by atoms with Crippen molar-refractivity contribution in [3.8, 4) is 0 Å². The lowest BCUT2D eigenvalue weighted by Crippen LogP contribution is -2.49. The molecule has 1 aliphatic rings. The predicted octanol–water partition coefficient (Wildman–Crippen LogP) is 3.56. The molecule has 1 atom stereocenters. The summed E-state index contributed by atoms with van der Waals surface area (Å²) in [5.74, 6) is 0. The minimum absolute atomic E-state index is 0.0177. The maximum atomic E-state index is 12.5. The van der Waals surface area contributed by atoms with Gasteiger partial charge in [0.15, 0.2) is 0 Å². The number of halogens is 1. The minimum atomic E-state index is -0.107. The van der Waals surface area contributed by atoms with Gasteiger partial charge in [0, 0.05) is 44.3 Å². The van der Waals surface area contributed by atoms with Crippen LogP contribution < -0.4 is 10.6 Å². The molecule has 2 aromatic rings. The van der Waals surface area contributed by atoms with Gasteiger partial charge in [0.1, 0.15) is 0 Å². The molecule has 29 heavy (non-hydrogen) atoms. The fourth-order valence-electron chi connectivity index (χ4n) is 3.56. The quantitative estimate of drug-likeness (QED) is 0.649. The zero-order chi connectivity index (χ0) is 20.5. The molecule has 5 nitrogen and oxygen atoms in total. The highest BCUT2D eigenvalue weighted by Crippen LogP contribution is 2.15. The first-order chi connectivity index (χ1) is 14.1. The summed E-state index contributed by atoms with van der Waals surface area (Å²) < 4.78 is 0. The zero-order valence-corrected chi connectivity index (χ0v) is 17.9. The van der Waals surface area contributed by atoms with Crippen molar-refractivity contribution < 1.29 is 4.79 Å². The molecule has 1 aliphatic heterocycles. The van der Waals surface area contributed by atoms with Crippen LogP contribution in [-0.4, -0.2) is 62.1 Å². The molecule has 6 heteroatoms. The van der Waals surface area contributed by atoms with Gasteiger partial charge in [-0.3, -0.25) is 4.90 Å². The first kappa shape index (κ1) is 21.6. The van der Waals surface area contributed by atoms with Gasteiger partial charge in [-0.1, -0.05) is 54.1 Å². The number of likely N-dealkylation sites (N-methyl/N-ethyl adjacent to an activating group) is 1. The van der Waals surface area contributed by atoms with E-state index in [-0.39, 0.29) is 12.1 Å². The van der Waals surface area contributed by atoms with Crippen molar-refractivity contribution >= 4 is 17.6 Å². The van der Waals surface area contributed by atoms with Gasteiger partial charge in [-0.05, 0) is 43.1 Å². The van der Waals surface area contributed by atoms with Crippen LogP contribution in [0.3, 0.4) is 0 Å². The zero-order valence-electron chi connectivity index (χ0n) is 17.1. The minimum Gasteiger partial charge on any atom is -0.338 e. The fourth-order valence-corrected chi connectivity index (χ4v) is 3.69. The van der Waals surface area contributed by atoms with Crippen molar-refractivity contribution in [2.45, 2.75) is 18.9 Å². The van der Waals surface area contributed by atoms with Gasteiger partial charge in [-0.2, -0.15) is 0 Å². The van der Waals surface area contributed by atoms with Gasteiger partial charge >= 0.3 is 6.03 Å². The highest BCUT2D eigenvalue weighted by atomic mass is 35.5. The van der Waals surface area contributed by atoms with E-state index in [1.54, 1.807) is 0 Å². The molecule has 2 N–H and O–H groups in total. The van der Waals surface area contributed by atoms with Gasteiger partial charge in [-0.25, -0.2) is 4.79 Å². The average molecular weight is 415 g/mol. The Labute approximate surface area is 179 Å². The summed E-state index contributed by atoms with van der Waals surface area (Å²) >= 11 is 5.92. The second kappa shape index (κ2) is 11.2. The lowest BCUT2D eigenvalue weighted by atomic mass is 10.1. The standard InChI is InChI=1S/C23H31ClN4O/c1-27-14-16-28(17-15-27)18-22(20-7-3-2-4-8-20)26-23(29)25-13-5-6-19-9-11-21(24)12-10-19/h2-4,7-12,22H,5-6,13-18H2,1H3,(H2,25,26,29). The Balaban J connectivity index is 1.47.